The number of aryl methyl sites for hydroxylation is 1. The molecule has 0 saturated carbocycles. The lowest BCUT2D eigenvalue weighted by Gasteiger charge is -2.18. The Balaban J connectivity index is 1.52. The van der Waals surface area contributed by atoms with Crippen molar-refractivity contribution in [2.24, 2.45) is 0 Å². The van der Waals surface area contributed by atoms with Gasteiger partial charge in [-0.15, -0.1) is 0 Å². The van der Waals surface area contributed by atoms with E-state index in [1.165, 1.54) is 0 Å². The number of benzene rings is 1. The Labute approximate surface area is 152 Å². The standard InChI is InChI=1S/C20H23N5O/c1-2-12-25-18(23-17-9-6-11-21-19(17)25)15-10-13-24(14-15)20(26)22-16-7-4-3-5-8-16/h3-9,11,15H,2,10,12-14H2,1H3,(H,22,26)/t15-/m0/s1. The molecule has 2 aromatic heterocycles. The summed E-state index contributed by atoms with van der Waals surface area (Å²) in [6, 6.07) is 13.5. The number of para-hydroxylation sites is 1. The van der Waals surface area contributed by atoms with Crippen LogP contribution in [0.4, 0.5) is 10.5 Å². The maximum atomic E-state index is 12.5. The Morgan fingerprint density at radius 3 is 2.88 bits per heavy atom. The quantitative estimate of drug-likeness (QED) is 0.778. The van der Waals surface area contributed by atoms with Crippen LogP contribution in [0.2, 0.25) is 0 Å². The molecular weight excluding hydrogens is 326 g/mol. The summed E-state index contributed by atoms with van der Waals surface area (Å²) in [5.74, 6) is 1.30. The summed E-state index contributed by atoms with van der Waals surface area (Å²) in [6.07, 6.45) is 3.77. The predicted molar refractivity (Wildman–Crippen MR) is 102 cm³/mol. The number of anilines is 1. The molecule has 4 rings (SSSR count). The molecule has 6 heteroatoms. The van der Waals surface area contributed by atoms with Crippen LogP contribution in [0.5, 0.6) is 0 Å². The van der Waals surface area contributed by atoms with Crippen molar-refractivity contribution in [2.45, 2.75) is 32.2 Å². The summed E-state index contributed by atoms with van der Waals surface area (Å²) in [5, 5.41) is 2.97. The Hall–Kier alpha value is -2.89. The Morgan fingerprint density at radius 1 is 1.23 bits per heavy atom. The average molecular weight is 349 g/mol. The second kappa shape index (κ2) is 7.15. The van der Waals surface area contributed by atoms with Gasteiger partial charge in [0.05, 0.1) is 0 Å². The molecular formula is C20H23N5O. The lowest BCUT2D eigenvalue weighted by atomic mass is 10.1. The zero-order valence-corrected chi connectivity index (χ0v) is 14.9. The van der Waals surface area contributed by atoms with Crippen LogP contribution in [0.3, 0.4) is 0 Å². The van der Waals surface area contributed by atoms with Gasteiger partial charge in [-0.1, -0.05) is 25.1 Å². The lowest BCUT2D eigenvalue weighted by Crippen LogP contribution is -2.33. The van der Waals surface area contributed by atoms with Gasteiger partial charge >= 0.3 is 6.03 Å². The molecule has 3 heterocycles. The maximum absolute atomic E-state index is 12.5. The van der Waals surface area contributed by atoms with Crippen LogP contribution in [-0.2, 0) is 6.54 Å². The number of aromatic nitrogens is 3. The van der Waals surface area contributed by atoms with E-state index >= 15 is 0 Å². The minimum atomic E-state index is -0.0463. The van der Waals surface area contributed by atoms with E-state index in [9.17, 15) is 4.79 Å². The summed E-state index contributed by atoms with van der Waals surface area (Å²) in [7, 11) is 0. The molecule has 0 unspecified atom stereocenters. The van der Waals surface area contributed by atoms with Crippen molar-refractivity contribution in [1.82, 2.24) is 19.4 Å². The zero-order chi connectivity index (χ0) is 17.9. The van der Waals surface area contributed by atoms with Crippen LogP contribution < -0.4 is 5.32 Å². The highest BCUT2D eigenvalue weighted by Gasteiger charge is 2.31. The molecule has 0 aliphatic carbocycles. The van der Waals surface area contributed by atoms with Gasteiger partial charge in [-0.2, -0.15) is 0 Å². The fraction of sp³-hybridized carbons (Fsp3) is 0.350. The number of pyridine rings is 1. The molecule has 1 fully saturated rings. The van der Waals surface area contributed by atoms with Crippen molar-refractivity contribution in [3.8, 4) is 0 Å². The SMILES string of the molecule is CCCn1c([C@H]2CCN(C(=O)Nc3ccccc3)C2)nc2cccnc21. The van der Waals surface area contributed by atoms with E-state index in [-0.39, 0.29) is 11.9 Å². The molecule has 0 spiro atoms. The third kappa shape index (κ3) is 3.14. The first-order valence-corrected chi connectivity index (χ1v) is 9.18. The number of imidazole rings is 1. The minimum Gasteiger partial charge on any atom is -0.324 e. The Kier molecular flexibility index (Phi) is 4.56. The molecule has 2 amide bonds. The predicted octanol–water partition coefficient (Wildman–Crippen LogP) is 3.86. The number of likely N-dealkylation sites (tertiary alicyclic amines) is 1. The number of nitrogens with zero attached hydrogens (tertiary/aromatic N) is 4. The van der Waals surface area contributed by atoms with Crippen molar-refractivity contribution in [2.75, 3.05) is 18.4 Å². The number of carbonyl (C=O) groups excluding carboxylic acids is 1. The smallest absolute Gasteiger partial charge is 0.321 e. The third-order valence-corrected chi connectivity index (χ3v) is 4.85. The van der Waals surface area contributed by atoms with Gasteiger partial charge in [-0.25, -0.2) is 14.8 Å². The molecule has 6 nitrogen and oxygen atoms in total. The van der Waals surface area contributed by atoms with Crippen LogP contribution in [0.25, 0.3) is 11.2 Å². The van der Waals surface area contributed by atoms with E-state index in [1.54, 1.807) is 0 Å². The fourth-order valence-electron chi connectivity index (χ4n) is 3.61. The van der Waals surface area contributed by atoms with E-state index in [0.717, 1.165) is 48.6 Å². The first kappa shape index (κ1) is 16.6. The van der Waals surface area contributed by atoms with Gasteiger partial charge in [0.2, 0.25) is 0 Å². The molecule has 1 N–H and O–H groups in total. The van der Waals surface area contributed by atoms with Gasteiger partial charge in [0.1, 0.15) is 11.3 Å². The van der Waals surface area contributed by atoms with E-state index in [0.29, 0.717) is 6.54 Å². The first-order chi connectivity index (χ1) is 12.8. The van der Waals surface area contributed by atoms with E-state index in [2.05, 4.69) is 21.8 Å². The number of hydrogen-bond acceptors (Lipinski definition) is 3. The number of carbonyl (C=O) groups is 1. The number of rotatable bonds is 4. The maximum Gasteiger partial charge on any atom is 0.321 e. The van der Waals surface area contributed by atoms with Gasteiger partial charge in [0.15, 0.2) is 5.65 Å². The lowest BCUT2D eigenvalue weighted by molar-refractivity contribution is 0.222. The Morgan fingerprint density at radius 2 is 2.08 bits per heavy atom. The molecule has 134 valence electrons. The van der Waals surface area contributed by atoms with Crippen molar-refractivity contribution in [1.29, 1.82) is 0 Å². The Bertz CT molecular complexity index is 905. The summed E-state index contributed by atoms with van der Waals surface area (Å²) in [6.45, 7) is 4.49. The van der Waals surface area contributed by atoms with Crippen molar-refractivity contribution < 1.29 is 4.79 Å². The normalized spacial score (nSPS) is 17.0. The second-order valence-electron chi connectivity index (χ2n) is 6.70. The molecule has 1 aliphatic rings. The topological polar surface area (TPSA) is 63.1 Å². The highest BCUT2D eigenvalue weighted by Crippen LogP contribution is 2.29. The van der Waals surface area contributed by atoms with Crippen molar-refractivity contribution >= 4 is 22.9 Å². The summed E-state index contributed by atoms with van der Waals surface area (Å²) >= 11 is 0. The van der Waals surface area contributed by atoms with Crippen LogP contribution in [0, 0.1) is 0 Å². The van der Waals surface area contributed by atoms with Crippen LogP contribution in [-0.4, -0.2) is 38.6 Å². The molecule has 0 bridgehead atoms. The summed E-state index contributed by atoms with van der Waals surface area (Å²) in [5.41, 5.74) is 2.70. The monoisotopic (exact) mass is 349 g/mol. The summed E-state index contributed by atoms with van der Waals surface area (Å²) in [4.78, 5) is 23.8. The molecule has 1 aliphatic heterocycles. The second-order valence-corrected chi connectivity index (χ2v) is 6.70. The minimum absolute atomic E-state index is 0.0463. The fourth-order valence-corrected chi connectivity index (χ4v) is 3.61. The van der Waals surface area contributed by atoms with Gasteiger partial charge in [-0.05, 0) is 37.1 Å². The molecule has 1 aromatic carbocycles. The molecule has 26 heavy (non-hydrogen) atoms. The molecule has 0 radical (unpaired) electrons. The van der Waals surface area contributed by atoms with Gasteiger partial charge in [0.25, 0.3) is 0 Å². The van der Waals surface area contributed by atoms with Gasteiger partial charge in [-0.3, -0.25) is 0 Å². The van der Waals surface area contributed by atoms with Gasteiger partial charge in [0, 0.05) is 37.4 Å². The zero-order valence-electron chi connectivity index (χ0n) is 14.9. The number of hydrogen-bond donors (Lipinski definition) is 1. The van der Waals surface area contributed by atoms with Crippen LogP contribution in [0.15, 0.2) is 48.7 Å². The van der Waals surface area contributed by atoms with Gasteiger partial charge < -0.3 is 14.8 Å². The van der Waals surface area contributed by atoms with Crippen molar-refractivity contribution in [3.05, 3.63) is 54.5 Å². The number of urea groups is 1. The highest BCUT2D eigenvalue weighted by atomic mass is 16.2. The molecule has 3 aromatic rings. The number of amides is 2. The number of nitrogens with one attached hydrogen (secondary N) is 1. The first-order valence-electron chi connectivity index (χ1n) is 9.18. The van der Waals surface area contributed by atoms with Crippen LogP contribution in [0.1, 0.15) is 31.5 Å². The van der Waals surface area contributed by atoms with E-state index in [1.807, 2.05) is 53.6 Å². The average Bonchev–Trinajstić information content (AvgIpc) is 3.28. The third-order valence-electron chi connectivity index (χ3n) is 4.85. The van der Waals surface area contributed by atoms with E-state index < -0.39 is 0 Å². The highest BCUT2D eigenvalue weighted by molar-refractivity contribution is 5.89. The molecule has 1 atom stereocenters. The van der Waals surface area contributed by atoms with Crippen molar-refractivity contribution in [3.63, 3.8) is 0 Å². The van der Waals surface area contributed by atoms with Crippen LogP contribution >= 0.6 is 0 Å². The molecule has 1 saturated heterocycles. The summed E-state index contributed by atoms with van der Waals surface area (Å²) < 4.78 is 2.22. The largest absolute Gasteiger partial charge is 0.324 e. The number of fused-ring (bicyclic) bond motifs is 1. The van der Waals surface area contributed by atoms with E-state index in [4.69, 9.17) is 4.98 Å².